The molecule has 0 aliphatic carbocycles. The van der Waals surface area contributed by atoms with Gasteiger partial charge in [-0.15, -0.1) is 0 Å². The van der Waals surface area contributed by atoms with E-state index in [2.05, 4.69) is 11.0 Å². The molecule has 1 saturated heterocycles. The Morgan fingerprint density at radius 1 is 1.69 bits per heavy atom. The monoisotopic (exact) mass is 227 g/mol. The number of methoxy groups -OCH3 is 1. The number of nitrogens with two attached hydrogens (primary N) is 1. The molecule has 2 atom stereocenters. The van der Waals surface area contributed by atoms with E-state index in [1.165, 1.54) is 0 Å². The molecule has 1 heterocycles. The van der Waals surface area contributed by atoms with E-state index in [1.807, 2.05) is 0 Å². The lowest BCUT2D eigenvalue weighted by atomic mass is 10.1. The van der Waals surface area contributed by atoms with Crippen molar-refractivity contribution >= 4 is 0 Å². The molecule has 0 radical (unpaired) electrons. The normalized spacial score (nSPS) is 23.9. The van der Waals surface area contributed by atoms with Gasteiger partial charge in [0.25, 0.3) is 0 Å². The largest absolute Gasteiger partial charge is 0.383 e. The summed E-state index contributed by atoms with van der Waals surface area (Å²) in [7, 11) is 1.71. The van der Waals surface area contributed by atoms with Crippen LogP contribution in [0.2, 0.25) is 0 Å². The minimum absolute atomic E-state index is 0.300. The maximum atomic E-state index is 8.84. The summed E-state index contributed by atoms with van der Waals surface area (Å²) in [6, 6.07) is 2.51. The van der Waals surface area contributed by atoms with E-state index in [4.69, 9.17) is 20.5 Å². The van der Waals surface area contributed by atoms with Gasteiger partial charge in [0.05, 0.1) is 19.3 Å². The molecule has 16 heavy (non-hydrogen) atoms. The van der Waals surface area contributed by atoms with E-state index in [1.54, 1.807) is 7.11 Å². The zero-order valence-corrected chi connectivity index (χ0v) is 9.89. The van der Waals surface area contributed by atoms with Crippen LogP contribution >= 0.6 is 0 Å². The summed E-state index contributed by atoms with van der Waals surface area (Å²) in [4.78, 5) is 2.27. The molecule has 5 nitrogen and oxygen atoms in total. The van der Waals surface area contributed by atoms with Gasteiger partial charge in [0.15, 0.2) is 6.10 Å². The lowest BCUT2D eigenvalue weighted by Gasteiger charge is -2.36. The second-order valence-electron chi connectivity index (χ2n) is 4.02. The SMILES string of the molecule is COCC(CCCN)N1CCOC(C#N)C1. The molecule has 2 N–H and O–H groups in total. The van der Waals surface area contributed by atoms with Crippen LogP contribution in [0.5, 0.6) is 0 Å². The molecule has 0 aromatic rings. The third kappa shape index (κ3) is 4.06. The van der Waals surface area contributed by atoms with Gasteiger partial charge in [-0.2, -0.15) is 5.26 Å². The highest BCUT2D eigenvalue weighted by atomic mass is 16.5. The van der Waals surface area contributed by atoms with E-state index in [-0.39, 0.29) is 6.10 Å². The van der Waals surface area contributed by atoms with Crippen LogP contribution < -0.4 is 5.73 Å². The molecule has 1 rings (SSSR count). The van der Waals surface area contributed by atoms with E-state index >= 15 is 0 Å². The Bertz CT molecular complexity index is 230. The van der Waals surface area contributed by atoms with Gasteiger partial charge in [0.1, 0.15) is 0 Å². The van der Waals surface area contributed by atoms with Crippen LogP contribution in [0.25, 0.3) is 0 Å². The first-order chi connectivity index (χ1) is 7.81. The average molecular weight is 227 g/mol. The zero-order chi connectivity index (χ0) is 11.8. The fourth-order valence-electron chi connectivity index (χ4n) is 2.00. The molecular weight excluding hydrogens is 206 g/mol. The number of morpholine rings is 1. The Hall–Kier alpha value is -0.670. The maximum Gasteiger partial charge on any atom is 0.156 e. The van der Waals surface area contributed by atoms with Gasteiger partial charge in [-0.3, -0.25) is 4.90 Å². The van der Waals surface area contributed by atoms with Crippen molar-refractivity contribution in [2.45, 2.75) is 25.0 Å². The van der Waals surface area contributed by atoms with Crippen LogP contribution in [0.3, 0.4) is 0 Å². The van der Waals surface area contributed by atoms with Crippen LogP contribution in [0.15, 0.2) is 0 Å². The molecule has 0 aromatic carbocycles. The predicted octanol–water partition coefficient (Wildman–Crippen LogP) is -0.0353. The average Bonchev–Trinajstić information content (AvgIpc) is 2.34. The van der Waals surface area contributed by atoms with Gasteiger partial charge in [0, 0.05) is 26.2 Å². The third-order valence-electron chi connectivity index (χ3n) is 2.86. The number of nitrogens with zero attached hydrogens (tertiary/aromatic N) is 2. The number of hydrogen-bond acceptors (Lipinski definition) is 5. The molecule has 1 aliphatic rings. The summed E-state index contributed by atoms with van der Waals surface area (Å²) in [5.74, 6) is 0. The van der Waals surface area contributed by atoms with E-state index in [0.717, 1.165) is 19.4 Å². The molecule has 5 heteroatoms. The smallest absolute Gasteiger partial charge is 0.156 e. The third-order valence-corrected chi connectivity index (χ3v) is 2.86. The van der Waals surface area contributed by atoms with E-state index in [9.17, 15) is 0 Å². The van der Waals surface area contributed by atoms with Crippen LogP contribution in [0.4, 0.5) is 0 Å². The summed E-state index contributed by atoms with van der Waals surface area (Å²) in [5.41, 5.74) is 5.52. The van der Waals surface area contributed by atoms with Gasteiger partial charge in [0.2, 0.25) is 0 Å². The second kappa shape index (κ2) is 7.58. The van der Waals surface area contributed by atoms with E-state index < -0.39 is 0 Å². The highest BCUT2D eigenvalue weighted by molar-refractivity contribution is 4.91. The highest BCUT2D eigenvalue weighted by Gasteiger charge is 2.25. The van der Waals surface area contributed by atoms with Crippen LogP contribution in [-0.2, 0) is 9.47 Å². The maximum absolute atomic E-state index is 8.84. The molecule has 0 aromatic heterocycles. The Balaban J connectivity index is 2.45. The summed E-state index contributed by atoms with van der Waals surface area (Å²) in [5, 5.41) is 8.84. The summed E-state index contributed by atoms with van der Waals surface area (Å²) in [6.45, 7) is 3.57. The molecule has 0 saturated carbocycles. The highest BCUT2D eigenvalue weighted by Crippen LogP contribution is 2.13. The first-order valence-electron chi connectivity index (χ1n) is 5.76. The predicted molar refractivity (Wildman–Crippen MR) is 60.9 cm³/mol. The van der Waals surface area contributed by atoms with Gasteiger partial charge >= 0.3 is 0 Å². The molecule has 0 amide bonds. The fourth-order valence-corrected chi connectivity index (χ4v) is 2.00. The number of rotatable bonds is 6. The summed E-state index contributed by atoms with van der Waals surface area (Å²) in [6.07, 6.45) is 1.71. The first-order valence-corrected chi connectivity index (χ1v) is 5.76. The Morgan fingerprint density at radius 3 is 3.12 bits per heavy atom. The quantitative estimate of drug-likeness (QED) is 0.689. The van der Waals surface area contributed by atoms with Crippen molar-refractivity contribution in [3.05, 3.63) is 0 Å². The van der Waals surface area contributed by atoms with Crippen molar-refractivity contribution in [3.8, 4) is 6.07 Å². The molecule has 1 fully saturated rings. The first kappa shape index (κ1) is 13.4. The number of nitriles is 1. The molecular formula is C11H21N3O2. The van der Waals surface area contributed by atoms with E-state index in [0.29, 0.717) is 32.3 Å². The number of hydrogen-bond donors (Lipinski definition) is 1. The Labute approximate surface area is 97.1 Å². The fraction of sp³-hybridized carbons (Fsp3) is 0.909. The van der Waals surface area contributed by atoms with Crippen LogP contribution in [-0.4, -0.2) is 57.0 Å². The lowest BCUT2D eigenvalue weighted by molar-refractivity contribution is -0.0326. The van der Waals surface area contributed by atoms with Crippen molar-refractivity contribution in [2.75, 3.05) is 40.0 Å². The standard InChI is InChI=1S/C11H21N3O2/c1-15-9-10(3-2-4-12)14-5-6-16-11(7-13)8-14/h10-11H,2-6,8-9,12H2,1H3. The Kier molecular flexibility index (Phi) is 6.34. The molecule has 0 spiro atoms. The van der Waals surface area contributed by atoms with Gasteiger partial charge in [-0.1, -0.05) is 0 Å². The molecule has 2 unspecified atom stereocenters. The van der Waals surface area contributed by atoms with Gasteiger partial charge in [-0.05, 0) is 19.4 Å². The zero-order valence-electron chi connectivity index (χ0n) is 9.89. The van der Waals surface area contributed by atoms with Gasteiger partial charge in [-0.25, -0.2) is 0 Å². The van der Waals surface area contributed by atoms with Crippen molar-refractivity contribution in [2.24, 2.45) is 5.73 Å². The molecule has 0 bridgehead atoms. The minimum Gasteiger partial charge on any atom is -0.383 e. The van der Waals surface area contributed by atoms with Crippen molar-refractivity contribution in [3.63, 3.8) is 0 Å². The van der Waals surface area contributed by atoms with Crippen molar-refractivity contribution in [1.82, 2.24) is 4.90 Å². The summed E-state index contributed by atoms with van der Waals surface area (Å²) >= 11 is 0. The topological polar surface area (TPSA) is 71.5 Å². The lowest BCUT2D eigenvalue weighted by Crippen LogP contribution is -2.49. The van der Waals surface area contributed by atoms with Crippen molar-refractivity contribution < 1.29 is 9.47 Å². The number of ether oxygens (including phenoxy) is 2. The van der Waals surface area contributed by atoms with Crippen LogP contribution in [0.1, 0.15) is 12.8 Å². The summed E-state index contributed by atoms with van der Waals surface area (Å²) < 4.78 is 10.5. The minimum atomic E-state index is -0.300. The van der Waals surface area contributed by atoms with Crippen LogP contribution in [0, 0.1) is 11.3 Å². The molecule has 1 aliphatic heterocycles. The van der Waals surface area contributed by atoms with Crippen molar-refractivity contribution in [1.29, 1.82) is 5.26 Å². The second-order valence-corrected chi connectivity index (χ2v) is 4.02. The molecule has 92 valence electrons. The Morgan fingerprint density at radius 2 is 2.50 bits per heavy atom. The van der Waals surface area contributed by atoms with Gasteiger partial charge < -0.3 is 15.2 Å².